The summed E-state index contributed by atoms with van der Waals surface area (Å²) in [6, 6.07) is 7.82. The first-order valence-corrected chi connectivity index (χ1v) is 7.53. The second-order valence-electron chi connectivity index (χ2n) is 4.44. The Morgan fingerprint density at radius 3 is 2.62 bits per heavy atom. The van der Waals surface area contributed by atoms with Crippen molar-refractivity contribution in [2.24, 2.45) is 0 Å². The molecule has 21 heavy (non-hydrogen) atoms. The monoisotopic (exact) mass is 308 g/mol. The maximum atomic E-state index is 13.6. The molecule has 110 valence electrons. The first-order valence-electron chi connectivity index (χ1n) is 6.09. The first kappa shape index (κ1) is 15.2. The number of benzene rings is 1. The molecule has 0 bridgehead atoms. The molecule has 1 aromatic heterocycles. The summed E-state index contributed by atoms with van der Waals surface area (Å²) in [7, 11) is -2.66. The predicted octanol–water partition coefficient (Wildman–Crippen LogP) is 2.67. The van der Waals surface area contributed by atoms with Crippen molar-refractivity contribution in [2.75, 3.05) is 7.05 Å². The van der Waals surface area contributed by atoms with Crippen molar-refractivity contribution in [3.63, 3.8) is 0 Å². The Labute approximate surface area is 122 Å². The molecule has 0 amide bonds. The summed E-state index contributed by atoms with van der Waals surface area (Å²) in [5, 5.41) is 8.98. The third-order valence-corrected chi connectivity index (χ3v) is 5.22. The van der Waals surface area contributed by atoms with Crippen LogP contribution in [-0.2, 0) is 10.0 Å². The van der Waals surface area contributed by atoms with Crippen molar-refractivity contribution in [2.45, 2.75) is 17.9 Å². The minimum atomic E-state index is -4.02. The molecule has 1 aromatic carbocycles. The minimum absolute atomic E-state index is 0.356. The van der Waals surface area contributed by atoms with Gasteiger partial charge in [-0.3, -0.25) is 0 Å². The molecule has 1 atom stereocenters. The average molecular weight is 308 g/mol. The van der Waals surface area contributed by atoms with Crippen molar-refractivity contribution < 1.29 is 17.2 Å². The molecule has 0 unspecified atom stereocenters. The van der Waals surface area contributed by atoms with Gasteiger partial charge in [-0.2, -0.15) is 9.57 Å². The van der Waals surface area contributed by atoms with Crippen LogP contribution in [0.5, 0.6) is 0 Å². The highest BCUT2D eigenvalue weighted by atomic mass is 32.2. The SMILES string of the molecule is C[C@@H](c1ccco1)N(C)S(=O)(=O)c1cccc(F)c1C#N. The number of rotatable bonds is 4. The van der Waals surface area contributed by atoms with Gasteiger partial charge in [0.25, 0.3) is 0 Å². The van der Waals surface area contributed by atoms with Crippen LogP contribution in [0.1, 0.15) is 24.3 Å². The fraction of sp³-hybridized carbons (Fsp3) is 0.214. The Morgan fingerprint density at radius 2 is 2.05 bits per heavy atom. The summed E-state index contributed by atoms with van der Waals surface area (Å²) < 4.78 is 45.0. The van der Waals surface area contributed by atoms with Gasteiger partial charge < -0.3 is 4.42 Å². The zero-order chi connectivity index (χ0) is 15.6. The first-order chi connectivity index (χ1) is 9.89. The molecule has 0 aliphatic carbocycles. The molecular weight excluding hydrogens is 295 g/mol. The van der Waals surface area contributed by atoms with Gasteiger partial charge in [-0.05, 0) is 31.2 Å². The third-order valence-electron chi connectivity index (χ3n) is 3.24. The zero-order valence-corrected chi connectivity index (χ0v) is 12.3. The summed E-state index contributed by atoms with van der Waals surface area (Å²) >= 11 is 0. The fourth-order valence-corrected chi connectivity index (χ4v) is 3.38. The van der Waals surface area contributed by atoms with Gasteiger partial charge >= 0.3 is 0 Å². The molecule has 2 rings (SSSR count). The molecule has 1 heterocycles. The highest BCUT2D eigenvalue weighted by Crippen LogP contribution is 2.28. The van der Waals surface area contributed by atoms with Crippen molar-refractivity contribution in [3.8, 4) is 6.07 Å². The van der Waals surface area contributed by atoms with Gasteiger partial charge in [-0.25, -0.2) is 12.8 Å². The molecule has 0 saturated heterocycles. The number of hydrogen-bond acceptors (Lipinski definition) is 4. The zero-order valence-electron chi connectivity index (χ0n) is 11.4. The smallest absolute Gasteiger partial charge is 0.244 e. The highest BCUT2D eigenvalue weighted by Gasteiger charge is 2.30. The largest absolute Gasteiger partial charge is 0.468 e. The second-order valence-corrected chi connectivity index (χ2v) is 6.40. The molecule has 0 N–H and O–H groups in total. The molecule has 2 aromatic rings. The Hall–Kier alpha value is -2.17. The van der Waals surface area contributed by atoms with E-state index < -0.39 is 27.4 Å². The third kappa shape index (κ3) is 2.68. The van der Waals surface area contributed by atoms with Crippen molar-refractivity contribution in [1.29, 1.82) is 5.26 Å². The number of halogens is 1. The van der Waals surface area contributed by atoms with Crippen LogP contribution in [-0.4, -0.2) is 19.8 Å². The van der Waals surface area contributed by atoms with Gasteiger partial charge in [-0.1, -0.05) is 6.07 Å². The van der Waals surface area contributed by atoms with E-state index in [-0.39, 0.29) is 4.90 Å². The van der Waals surface area contributed by atoms with E-state index in [9.17, 15) is 12.8 Å². The number of furan rings is 1. The van der Waals surface area contributed by atoms with E-state index in [1.54, 1.807) is 25.1 Å². The Balaban J connectivity index is 2.48. The summed E-state index contributed by atoms with van der Waals surface area (Å²) in [6.07, 6.45) is 1.44. The number of nitrogens with zero attached hydrogens (tertiary/aromatic N) is 2. The van der Waals surface area contributed by atoms with E-state index in [2.05, 4.69) is 0 Å². The fourth-order valence-electron chi connectivity index (χ4n) is 1.90. The van der Waals surface area contributed by atoms with Gasteiger partial charge in [0, 0.05) is 7.05 Å². The molecule has 5 nitrogen and oxygen atoms in total. The molecule has 0 aliphatic rings. The van der Waals surface area contributed by atoms with Crippen LogP contribution >= 0.6 is 0 Å². The normalized spacial score (nSPS) is 13.1. The van der Waals surface area contributed by atoms with E-state index in [1.165, 1.54) is 25.4 Å². The van der Waals surface area contributed by atoms with Crippen LogP contribution < -0.4 is 0 Å². The lowest BCUT2D eigenvalue weighted by atomic mass is 10.2. The molecule has 0 aliphatic heterocycles. The Morgan fingerprint density at radius 1 is 1.33 bits per heavy atom. The number of nitriles is 1. The van der Waals surface area contributed by atoms with E-state index in [1.807, 2.05) is 0 Å². The van der Waals surface area contributed by atoms with Gasteiger partial charge in [0.1, 0.15) is 28.1 Å². The lowest BCUT2D eigenvalue weighted by Crippen LogP contribution is -2.30. The molecular formula is C14H13FN2O3S. The maximum absolute atomic E-state index is 13.6. The van der Waals surface area contributed by atoms with Crippen LogP contribution in [0.25, 0.3) is 0 Å². The quantitative estimate of drug-likeness (QED) is 0.870. The van der Waals surface area contributed by atoms with Crippen molar-refractivity contribution in [1.82, 2.24) is 4.31 Å². The summed E-state index contributed by atoms with van der Waals surface area (Å²) in [4.78, 5) is -0.356. The summed E-state index contributed by atoms with van der Waals surface area (Å²) in [5.41, 5.74) is -0.490. The average Bonchev–Trinajstić information content (AvgIpc) is 2.99. The number of sulfonamides is 1. The predicted molar refractivity (Wildman–Crippen MR) is 73.2 cm³/mol. The maximum Gasteiger partial charge on any atom is 0.244 e. The Kier molecular flexibility index (Phi) is 4.11. The standard InChI is InChI=1S/C14H13FN2O3S/c1-10(13-6-4-8-20-13)17(2)21(18,19)14-7-3-5-12(15)11(14)9-16/h3-8,10H,1-2H3/t10-/m0/s1. The highest BCUT2D eigenvalue weighted by molar-refractivity contribution is 7.89. The van der Waals surface area contributed by atoms with Crippen LogP contribution in [0.4, 0.5) is 4.39 Å². The number of hydrogen-bond donors (Lipinski definition) is 0. The molecule has 0 saturated carbocycles. The lowest BCUT2D eigenvalue weighted by molar-refractivity contribution is 0.339. The van der Waals surface area contributed by atoms with Crippen LogP contribution in [0.2, 0.25) is 0 Å². The molecule has 0 fully saturated rings. The van der Waals surface area contributed by atoms with Gasteiger partial charge in [0.2, 0.25) is 10.0 Å². The van der Waals surface area contributed by atoms with Gasteiger partial charge in [0.05, 0.1) is 12.3 Å². The van der Waals surface area contributed by atoms with E-state index >= 15 is 0 Å². The van der Waals surface area contributed by atoms with Crippen LogP contribution in [0.3, 0.4) is 0 Å². The second kappa shape index (κ2) is 5.68. The van der Waals surface area contributed by atoms with Crippen molar-refractivity contribution in [3.05, 3.63) is 53.7 Å². The topological polar surface area (TPSA) is 74.3 Å². The van der Waals surface area contributed by atoms with Crippen LogP contribution in [0, 0.1) is 17.1 Å². The lowest BCUT2D eigenvalue weighted by Gasteiger charge is -2.23. The minimum Gasteiger partial charge on any atom is -0.468 e. The Bertz CT molecular complexity index is 779. The van der Waals surface area contributed by atoms with Crippen molar-refractivity contribution >= 4 is 10.0 Å². The van der Waals surface area contributed by atoms with E-state index in [0.717, 1.165) is 10.4 Å². The van der Waals surface area contributed by atoms with E-state index in [0.29, 0.717) is 5.76 Å². The van der Waals surface area contributed by atoms with Gasteiger partial charge in [-0.15, -0.1) is 0 Å². The van der Waals surface area contributed by atoms with Crippen LogP contribution in [0.15, 0.2) is 45.9 Å². The molecule has 0 spiro atoms. The molecule has 0 radical (unpaired) electrons. The van der Waals surface area contributed by atoms with Gasteiger partial charge in [0.15, 0.2) is 0 Å². The molecule has 7 heteroatoms. The summed E-state index contributed by atoms with van der Waals surface area (Å²) in [6.45, 7) is 1.64. The summed E-state index contributed by atoms with van der Waals surface area (Å²) in [5.74, 6) is -0.409. The van der Waals surface area contributed by atoms with E-state index in [4.69, 9.17) is 9.68 Å².